The fourth-order valence-electron chi connectivity index (χ4n) is 1.94. The van der Waals surface area contributed by atoms with Gasteiger partial charge in [-0.3, -0.25) is 0 Å². The third kappa shape index (κ3) is 2.00. The Balaban J connectivity index is 2.01. The number of rotatable bonds is 3. The normalized spacial score (nSPS) is 15.1. The number of hydrogen-bond acceptors (Lipinski definition) is 5. The van der Waals surface area contributed by atoms with Gasteiger partial charge in [0.2, 0.25) is 5.95 Å². The Hall–Kier alpha value is -1.91. The van der Waals surface area contributed by atoms with Crippen LogP contribution in [0.5, 0.6) is 0 Å². The lowest BCUT2D eigenvalue weighted by Crippen LogP contribution is -1.97. The molecule has 0 aliphatic heterocycles. The molecule has 17 heavy (non-hydrogen) atoms. The first kappa shape index (κ1) is 10.3. The lowest BCUT2D eigenvalue weighted by atomic mass is 10.1. The molecule has 0 unspecified atom stereocenters. The zero-order valence-corrected chi connectivity index (χ0v) is 9.68. The summed E-state index contributed by atoms with van der Waals surface area (Å²) in [5, 5.41) is 4.03. The van der Waals surface area contributed by atoms with Crippen LogP contribution in [0.25, 0.3) is 11.5 Å². The Bertz CT molecular complexity index is 545. The van der Waals surface area contributed by atoms with E-state index in [1.807, 2.05) is 6.92 Å². The molecule has 2 N–H and O–H groups in total. The molecule has 1 aliphatic rings. The first-order chi connectivity index (χ1) is 8.24. The van der Waals surface area contributed by atoms with Crippen LogP contribution in [0.15, 0.2) is 16.8 Å². The van der Waals surface area contributed by atoms with Crippen molar-refractivity contribution in [1.29, 1.82) is 0 Å². The third-order valence-corrected chi connectivity index (χ3v) is 3.08. The van der Waals surface area contributed by atoms with Gasteiger partial charge in [0.05, 0.1) is 5.69 Å². The Labute approximate surface area is 99.1 Å². The largest absolute Gasteiger partial charge is 0.368 e. The number of aryl methyl sites for hydroxylation is 1. The summed E-state index contributed by atoms with van der Waals surface area (Å²) in [6, 6.07) is 1.80. The predicted octanol–water partition coefficient (Wildman–Crippen LogP) is 1.97. The zero-order valence-electron chi connectivity index (χ0n) is 9.68. The molecule has 2 heterocycles. The fourth-order valence-corrected chi connectivity index (χ4v) is 1.94. The summed E-state index contributed by atoms with van der Waals surface area (Å²) in [6.45, 7) is 1.97. The predicted molar refractivity (Wildman–Crippen MR) is 63.1 cm³/mol. The maximum absolute atomic E-state index is 5.58. The first-order valence-electron chi connectivity index (χ1n) is 5.78. The molecule has 0 atom stereocenters. The van der Waals surface area contributed by atoms with Crippen LogP contribution < -0.4 is 5.73 Å². The highest BCUT2D eigenvalue weighted by Gasteiger charge is 2.26. The Morgan fingerprint density at radius 3 is 3.00 bits per heavy atom. The van der Waals surface area contributed by atoms with Crippen molar-refractivity contribution in [3.63, 3.8) is 0 Å². The van der Waals surface area contributed by atoms with Crippen LogP contribution in [-0.4, -0.2) is 15.1 Å². The molecule has 5 heteroatoms. The topological polar surface area (TPSA) is 77.8 Å². The summed E-state index contributed by atoms with van der Waals surface area (Å²) in [5.74, 6) is 1.78. The molecule has 1 saturated carbocycles. The van der Waals surface area contributed by atoms with Crippen molar-refractivity contribution >= 4 is 5.95 Å². The van der Waals surface area contributed by atoms with Crippen molar-refractivity contribution in [1.82, 2.24) is 15.1 Å². The minimum absolute atomic E-state index is 0.258. The molecule has 2 aromatic heterocycles. The van der Waals surface area contributed by atoms with Gasteiger partial charge >= 0.3 is 0 Å². The summed E-state index contributed by atoms with van der Waals surface area (Å²) >= 11 is 0. The van der Waals surface area contributed by atoms with Crippen molar-refractivity contribution in [2.45, 2.75) is 26.2 Å². The number of nitrogen functional groups attached to an aromatic ring is 1. The Morgan fingerprint density at radius 1 is 1.47 bits per heavy atom. The van der Waals surface area contributed by atoms with E-state index in [4.69, 9.17) is 10.3 Å². The van der Waals surface area contributed by atoms with E-state index in [1.54, 1.807) is 12.3 Å². The van der Waals surface area contributed by atoms with E-state index in [-0.39, 0.29) is 5.95 Å². The second kappa shape index (κ2) is 3.84. The summed E-state index contributed by atoms with van der Waals surface area (Å²) in [7, 11) is 0. The Kier molecular flexibility index (Phi) is 2.31. The molecule has 1 fully saturated rings. The number of hydrogen-bond donors (Lipinski definition) is 1. The van der Waals surface area contributed by atoms with E-state index in [1.165, 1.54) is 12.8 Å². The summed E-state index contributed by atoms with van der Waals surface area (Å²) in [4.78, 5) is 8.06. The third-order valence-electron chi connectivity index (χ3n) is 3.08. The molecule has 5 nitrogen and oxygen atoms in total. The second-order valence-corrected chi connectivity index (χ2v) is 4.52. The maximum atomic E-state index is 5.58. The van der Waals surface area contributed by atoms with E-state index < -0.39 is 0 Å². The van der Waals surface area contributed by atoms with E-state index in [9.17, 15) is 0 Å². The van der Waals surface area contributed by atoms with Gasteiger partial charge in [0.1, 0.15) is 5.69 Å². The molecular formula is C12H14N4O. The smallest absolute Gasteiger partial charge is 0.220 e. The van der Waals surface area contributed by atoms with E-state index in [0.29, 0.717) is 5.69 Å². The van der Waals surface area contributed by atoms with Crippen molar-refractivity contribution in [3.8, 4) is 11.5 Å². The summed E-state index contributed by atoms with van der Waals surface area (Å²) in [6.07, 6.45) is 5.26. The molecule has 0 amide bonds. The van der Waals surface area contributed by atoms with Crippen molar-refractivity contribution in [2.75, 3.05) is 5.73 Å². The van der Waals surface area contributed by atoms with E-state index in [0.717, 1.165) is 29.4 Å². The number of anilines is 1. The number of aromatic nitrogens is 3. The van der Waals surface area contributed by atoms with Crippen LogP contribution >= 0.6 is 0 Å². The van der Waals surface area contributed by atoms with Gasteiger partial charge in [-0.1, -0.05) is 5.16 Å². The van der Waals surface area contributed by atoms with Crippen LogP contribution in [0.1, 0.15) is 24.1 Å². The minimum Gasteiger partial charge on any atom is -0.368 e. The van der Waals surface area contributed by atoms with Gasteiger partial charge in [-0.05, 0) is 38.2 Å². The van der Waals surface area contributed by atoms with Crippen molar-refractivity contribution in [2.24, 2.45) is 5.92 Å². The van der Waals surface area contributed by atoms with Crippen molar-refractivity contribution in [3.05, 3.63) is 23.5 Å². The van der Waals surface area contributed by atoms with Gasteiger partial charge in [0, 0.05) is 11.8 Å². The molecular weight excluding hydrogens is 216 g/mol. The van der Waals surface area contributed by atoms with Crippen LogP contribution in [0.4, 0.5) is 5.95 Å². The lowest BCUT2D eigenvalue weighted by molar-refractivity contribution is 0.425. The van der Waals surface area contributed by atoms with Gasteiger partial charge in [0.25, 0.3) is 0 Å². The highest BCUT2D eigenvalue weighted by molar-refractivity contribution is 5.58. The molecule has 0 spiro atoms. The van der Waals surface area contributed by atoms with E-state index >= 15 is 0 Å². The highest BCUT2D eigenvalue weighted by Crippen LogP contribution is 2.36. The number of nitrogens with zero attached hydrogens (tertiary/aromatic N) is 3. The maximum Gasteiger partial charge on any atom is 0.220 e. The van der Waals surface area contributed by atoms with Crippen LogP contribution in [0.3, 0.4) is 0 Å². The molecule has 0 radical (unpaired) electrons. The monoisotopic (exact) mass is 230 g/mol. The van der Waals surface area contributed by atoms with Crippen LogP contribution in [0.2, 0.25) is 0 Å². The average Bonchev–Trinajstić information content (AvgIpc) is 3.04. The molecule has 0 aromatic carbocycles. The Morgan fingerprint density at radius 2 is 2.29 bits per heavy atom. The van der Waals surface area contributed by atoms with Crippen molar-refractivity contribution < 1.29 is 4.52 Å². The van der Waals surface area contributed by atoms with Crippen LogP contribution in [-0.2, 0) is 6.42 Å². The lowest BCUT2D eigenvalue weighted by Gasteiger charge is -2.01. The van der Waals surface area contributed by atoms with Gasteiger partial charge in [-0.2, -0.15) is 0 Å². The standard InChI is InChI=1S/C12H14N4O/c1-7-9(6-8-2-3-8)11(17-16-7)10-4-5-14-12(13)15-10/h4-5,8H,2-3,6H2,1H3,(H2,13,14,15). The van der Waals surface area contributed by atoms with Gasteiger partial charge in [0.15, 0.2) is 5.76 Å². The zero-order chi connectivity index (χ0) is 11.8. The molecule has 1 aliphatic carbocycles. The number of nitrogens with two attached hydrogens (primary N) is 1. The summed E-state index contributed by atoms with van der Waals surface area (Å²) in [5.41, 5.74) is 8.40. The quantitative estimate of drug-likeness (QED) is 0.872. The second-order valence-electron chi connectivity index (χ2n) is 4.52. The minimum atomic E-state index is 0.258. The van der Waals surface area contributed by atoms with E-state index in [2.05, 4.69) is 15.1 Å². The molecule has 0 bridgehead atoms. The van der Waals surface area contributed by atoms with Gasteiger partial charge in [-0.25, -0.2) is 9.97 Å². The SMILES string of the molecule is Cc1noc(-c2ccnc(N)n2)c1CC1CC1. The first-order valence-corrected chi connectivity index (χ1v) is 5.78. The molecule has 2 aromatic rings. The fraction of sp³-hybridized carbons (Fsp3) is 0.417. The van der Waals surface area contributed by atoms with Crippen LogP contribution in [0, 0.1) is 12.8 Å². The average molecular weight is 230 g/mol. The van der Waals surface area contributed by atoms with Gasteiger partial charge < -0.3 is 10.3 Å². The summed E-state index contributed by atoms with van der Waals surface area (Å²) < 4.78 is 5.37. The molecule has 3 rings (SSSR count). The highest BCUT2D eigenvalue weighted by atomic mass is 16.5. The molecule has 0 saturated heterocycles. The van der Waals surface area contributed by atoms with Gasteiger partial charge in [-0.15, -0.1) is 0 Å². The molecule has 88 valence electrons.